The predicted octanol–water partition coefficient (Wildman–Crippen LogP) is 4.75. The summed E-state index contributed by atoms with van der Waals surface area (Å²) in [6.45, 7) is 14.7. The summed E-state index contributed by atoms with van der Waals surface area (Å²) in [5.41, 5.74) is 2.42. The van der Waals surface area contributed by atoms with Crippen molar-refractivity contribution in [3.8, 4) is 0 Å². The SMILES string of the molecule is CCO[Si](C)(C)c1ccc(/C=C/c2ccc([Si](C)(C)OCC)cc2)cc1. The first-order valence-electron chi connectivity index (χ1n) is 9.45. The molecule has 0 aliphatic rings. The van der Waals surface area contributed by atoms with E-state index < -0.39 is 16.6 Å². The molecule has 0 amide bonds. The van der Waals surface area contributed by atoms with Crippen molar-refractivity contribution in [1.29, 1.82) is 0 Å². The Morgan fingerprint density at radius 2 is 0.923 bits per heavy atom. The Bertz CT molecular complexity index is 653. The van der Waals surface area contributed by atoms with Gasteiger partial charge in [-0.15, -0.1) is 0 Å². The normalized spacial score (nSPS) is 12.7. The molecule has 0 heterocycles. The lowest BCUT2D eigenvalue weighted by atomic mass is 10.1. The van der Waals surface area contributed by atoms with Gasteiger partial charge < -0.3 is 8.85 Å². The Hall–Kier alpha value is -1.47. The maximum Gasteiger partial charge on any atom is 0.218 e. The Balaban J connectivity index is 2.08. The maximum atomic E-state index is 5.95. The molecule has 0 saturated heterocycles. The first-order valence-corrected chi connectivity index (χ1v) is 15.3. The lowest BCUT2D eigenvalue weighted by Gasteiger charge is -2.22. The van der Waals surface area contributed by atoms with Crippen LogP contribution in [0.3, 0.4) is 0 Å². The van der Waals surface area contributed by atoms with E-state index in [1.807, 2.05) is 0 Å². The van der Waals surface area contributed by atoms with Crippen LogP contribution in [0.5, 0.6) is 0 Å². The third-order valence-electron chi connectivity index (χ3n) is 4.69. The van der Waals surface area contributed by atoms with Gasteiger partial charge in [-0.1, -0.05) is 60.7 Å². The van der Waals surface area contributed by atoms with E-state index >= 15 is 0 Å². The van der Waals surface area contributed by atoms with Crippen molar-refractivity contribution in [2.45, 2.75) is 40.0 Å². The highest BCUT2D eigenvalue weighted by Gasteiger charge is 2.24. The van der Waals surface area contributed by atoms with Crippen LogP contribution in [0.1, 0.15) is 25.0 Å². The third kappa shape index (κ3) is 5.51. The van der Waals surface area contributed by atoms with E-state index in [-0.39, 0.29) is 0 Å². The summed E-state index contributed by atoms with van der Waals surface area (Å²) in [5, 5.41) is 2.67. The molecule has 0 aliphatic carbocycles. The van der Waals surface area contributed by atoms with E-state index in [9.17, 15) is 0 Å². The molecule has 0 spiro atoms. The van der Waals surface area contributed by atoms with Gasteiger partial charge >= 0.3 is 0 Å². The fourth-order valence-corrected chi connectivity index (χ4v) is 6.79. The quantitative estimate of drug-likeness (QED) is 0.483. The molecule has 0 unspecified atom stereocenters. The van der Waals surface area contributed by atoms with E-state index in [1.165, 1.54) is 21.5 Å². The summed E-state index contributed by atoms with van der Waals surface area (Å²) in [7, 11) is -3.51. The zero-order valence-electron chi connectivity index (χ0n) is 17.0. The van der Waals surface area contributed by atoms with Crippen LogP contribution in [0.15, 0.2) is 48.5 Å². The lowest BCUT2D eigenvalue weighted by molar-refractivity contribution is 0.338. The third-order valence-corrected chi connectivity index (χ3v) is 10.2. The van der Waals surface area contributed by atoms with E-state index in [0.717, 1.165) is 13.2 Å². The van der Waals surface area contributed by atoms with E-state index in [1.54, 1.807) is 0 Å². The average Bonchev–Trinajstić information content (AvgIpc) is 2.60. The molecule has 0 fully saturated rings. The van der Waals surface area contributed by atoms with Crippen molar-refractivity contribution in [3.63, 3.8) is 0 Å². The summed E-state index contributed by atoms with van der Waals surface area (Å²) in [6, 6.07) is 17.6. The van der Waals surface area contributed by atoms with Gasteiger partial charge in [-0.2, -0.15) is 0 Å². The first kappa shape index (κ1) is 20.8. The van der Waals surface area contributed by atoms with E-state index in [2.05, 4.69) is 101 Å². The molecule has 140 valence electrons. The molecular weight excluding hydrogens is 352 g/mol. The lowest BCUT2D eigenvalue weighted by Crippen LogP contribution is -2.44. The van der Waals surface area contributed by atoms with Crippen molar-refractivity contribution < 1.29 is 8.85 Å². The van der Waals surface area contributed by atoms with Gasteiger partial charge in [0.05, 0.1) is 0 Å². The predicted molar refractivity (Wildman–Crippen MR) is 119 cm³/mol. The highest BCUT2D eigenvalue weighted by Crippen LogP contribution is 2.11. The molecular formula is C22H32O2Si2. The van der Waals surface area contributed by atoms with E-state index in [0.29, 0.717) is 0 Å². The summed E-state index contributed by atoms with van der Waals surface area (Å²) < 4.78 is 11.9. The smallest absolute Gasteiger partial charge is 0.218 e. The number of hydrogen-bond donors (Lipinski definition) is 0. The molecule has 0 bridgehead atoms. The van der Waals surface area contributed by atoms with Gasteiger partial charge in [0.2, 0.25) is 16.6 Å². The van der Waals surface area contributed by atoms with Crippen molar-refractivity contribution in [2.24, 2.45) is 0 Å². The van der Waals surface area contributed by atoms with Gasteiger partial charge in [0.25, 0.3) is 0 Å². The van der Waals surface area contributed by atoms with Crippen LogP contribution in [-0.4, -0.2) is 29.8 Å². The zero-order valence-corrected chi connectivity index (χ0v) is 19.0. The van der Waals surface area contributed by atoms with Crippen molar-refractivity contribution in [1.82, 2.24) is 0 Å². The van der Waals surface area contributed by atoms with Crippen LogP contribution in [0.4, 0.5) is 0 Å². The second kappa shape index (κ2) is 8.95. The van der Waals surface area contributed by atoms with Crippen LogP contribution in [0, 0.1) is 0 Å². The summed E-state index contributed by atoms with van der Waals surface area (Å²) in [4.78, 5) is 0. The Labute approximate surface area is 161 Å². The largest absolute Gasteiger partial charge is 0.413 e. The highest BCUT2D eigenvalue weighted by atomic mass is 28.4. The van der Waals surface area contributed by atoms with Gasteiger partial charge in [0.1, 0.15) is 0 Å². The molecule has 0 aromatic heterocycles. The highest BCUT2D eigenvalue weighted by molar-refractivity contribution is 6.84. The summed E-state index contributed by atoms with van der Waals surface area (Å²) in [5.74, 6) is 0. The van der Waals surface area contributed by atoms with Gasteiger partial charge in [0, 0.05) is 13.2 Å². The van der Waals surface area contributed by atoms with Gasteiger partial charge in [-0.25, -0.2) is 0 Å². The Morgan fingerprint density at radius 3 is 1.19 bits per heavy atom. The Kier molecular flexibility index (Phi) is 7.18. The standard InChI is InChI=1S/C22H32O2Si2/c1-7-23-25(3,4)21-15-11-19(12-16-21)9-10-20-13-17-22(18-14-20)26(5,6)24-8-2/h9-18H,7-8H2,1-6H3/b10-9+. The fraction of sp³-hybridized carbons (Fsp3) is 0.364. The number of benzene rings is 2. The molecule has 0 radical (unpaired) electrons. The van der Waals surface area contributed by atoms with Crippen LogP contribution >= 0.6 is 0 Å². The summed E-state index contributed by atoms with van der Waals surface area (Å²) in [6.07, 6.45) is 4.33. The first-order chi connectivity index (χ1) is 12.3. The monoisotopic (exact) mass is 384 g/mol. The molecule has 0 aliphatic heterocycles. The molecule has 26 heavy (non-hydrogen) atoms. The van der Waals surface area contributed by atoms with Gasteiger partial charge in [-0.3, -0.25) is 0 Å². The van der Waals surface area contributed by atoms with Crippen LogP contribution in [0.2, 0.25) is 26.2 Å². The minimum atomic E-state index is -1.75. The Morgan fingerprint density at radius 1 is 0.615 bits per heavy atom. The van der Waals surface area contributed by atoms with Crippen LogP contribution in [0.25, 0.3) is 12.2 Å². The second-order valence-electron chi connectivity index (χ2n) is 7.46. The van der Waals surface area contributed by atoms with E-state index in [4.69, 9.17) is 8.85 Å². The number of hydrogen-bond acceptors (Lipinski definition) is 2. The molecule has 4 heteroatoms. The van der Waals surface area contributed by atoms with Crippen molar-refractivity contribution >= 4 is 39.2 Å². The minimum absolute atomic E-state index is 0.778. The van der Waals surface area contributed by atoms with Gasteiger partial charge in [0.15, 0.2) is 0 Å². The topological polar surface area (TPSA) is 18.5 Å². The molecule has 0 atom stereocenters. The second-order valence-corrected chi connectivity index (χ2v) is 15.2. The molecule has 2 aromatic rings. The van der Waals surface area contributed by atoms with Gasteiger partial charge in [-0.05, 0) is 61.5 Å². The average molecular weight is 385 g/mol. The zero-order chi connectivity index (χ0) is 19.2. The molecule has 2 rings (SSSR count). The summed E-state index contributed by atoms with van der Waals surface area (Å²) >= 11 is 0. The van der Waals surface area contributed by atoms with Crippen molar-refractivity contribution in [2.75, 3.05) is 13.2 Å². The number of rotatable bonds is 8. The molecule has 0 N–H and O–H groups in total. The van der Waals surface area contributed by atoms with Crippen molar-refractivity contribution in [3.05, 3.63) is 59.7 Å². The van der Waals surface area contributed by atoms with Crippen LogP contribution in [-0.2, 0) is 8.85 Å². The molecule has 2 aromatic carbocycles. The maximum absolute atomic E-state index is 5.95. The minimum Gasteiger partial charge on any atom is -0.413 e. The molecule has 2 nitrogen and oxygen atoms in total. The fourth-order valence-electron chi connectivity index (χ4n) is 3.07. The molecule has 0 saturated carbocycles. The van der Waals surface area contributed by atoms with Crippen LogP contribution < -0.4 is 10.4 Å².